The number of nitrogens with zero attached hydrogens (tertiary/aromatic N) is 2. The molecule has 0 spiro atoms. The molecule has 0 aromatic heterocycles. The first-order chi connectivity index (χ1) is 21.4. The minimum absolute atomic E-state index is 0.00258. The Hall–Kier alpha value is -3.82. The highest BCUT2D eigenvalue weighted by atomic mass is 32.2. The first-order valence-electron chi connectivity index (χ1n) is 15.2. The minimum atomic E-state index is -4.61. The highest BCUT2D eigenvalue weighted by Gasteiger charge is 2.64. The first-order valence-corrected chi connectivity index (χ1v) is 16.6. The van der Waals surface area contributed by atoms with Gasteiger partial charge in [0.1, 0.15) is 17.7 Å². The van der Waals surface area contributed by atoms with E-state index in [2.05, 4.69) is 10.0 Å². The number of urea groups is 1. The van der Waals surface area contributed by atoms with Crippen LogP contribution in [0.4, 0.5) is 28.4 Å². The number of nitrogens with one attached hydrogen (secondary N) is 2. The fourth-order valence-corrected chi connectivity index (χ4v) is 7.59. The number of primary amides is 1. The van der Waals surface area contributed by atoms with Crippen molar-refractivity contribution in [3.63, 3.8) is 0 Å². The number of imide groups is 1. The maximum atomic E-state index is 14.0. The Morgan fingerprint density at radius 1 is 1.07 bits per heavy atom. The Bertz CT molecular complexity index is 1480. The second kappa shape index (κ2) is 13.1. The van der Waals surface area contributed by atoms with Crippen LogP contribution in [0.3, 0.4) is 0 Å². The molecular formula is C30H40F3N5O7S. The van der Waals surface area contributed by atoms with E-state index >= 15 is 0 Å². The van der Waals surface area contributed by atoms with Crippen molar-refractivity contribution in [1.29, 1.82) is 0 Å². The average molecular weight is 672 g/mol. The lowest BCUT2D eigenvalue weighted by molar-refractivity contribution is -0.142. The second-order valence-electron chi connectivity index (χ2n) is 12.8. The third-order valence-electron chi connectivity index (χ3n) is 8.22. The summed E-state index contributed by atoms with van der Waals surface area (Å²) in [7, 11) is -4.41. The maximum absolute atomic E-state index is 14.0. The zero-order valence-corrected chi connectivity index (χ0v) is 26.7. The fraction of sp³-hybridized carbons (Fsp3) is 0.600. The molecule has 2 heterocycles. The van der Waals surface area contributed by atoms with Crippen LogP contribution in [0.5, 0.6) is 0 Å². The number of hydrogen-bond acceptors (Lipinski definition) is 7. The molecule has 0 radical (unpaired) electrons. The number of sulfonamides is 1. The molecular weight excluding hydrogens is 631 g/mol. The van der Waals surface area contributed by atoms with Crippen LogP contribution in [-0.2, 0) is 30.5 Å². The summed E-state index contributed by atoms with van der Waals surface area (Å²) in [5.41, 5.74) is 3.52. The van der Waals surface area contributed by atoms with Gasteiger partial charge in [0.2, 0.25) is 11.8 Å². The molecule has 46 heavy (non-hydrogen) atoms. The molecule has 1 aromatic carbocycles. The van der Waals surface area contributed by atoms with Crippen molar-refractivity contribution in [1.82, 2.24) is 15.1 Å². The Labute approximate surface area is 265 Å². The summed E-state index contributed by atoms with van der Waals surface area (Å²) in [6.45, 7) is 4.90. The van der Waals surface area contributed by atoms with Crippen LogP contribution in [0, 0.1) is 5.92 Å². The second-order valence-corrected chi connectivity index (χ2v) is 14.8. The number of benzene rings is 1. The zero-order valence-electron chi connectivity index (χ0n) is 25.9. The van der Waals surface area contributed by atoms with E-state index in [1.807, 2.05) is 0 Å². The molecule has 4 N–H and O–H groups in total. The van der Waals surface area contributed by atoms with Crippen LogP contribution in [0.1, 0.15) is 77.7 Å². The van der Waals surface area contributed by atoms with E-state index in [1.165, 1.54) is 4.90 Å². The van der Waals surface area contributed by atoms with Gasteiger partial charge in [-0.1, -0.05) is 25.0 Å². The number of alkyl halides is 3. The van der Waals surface area contributed by atoms with Crippen molar-refractivity contribution in [3.05, 3.63) is 42.0 Å². The Kier molecular flexibility index (Phi) is 10.00. The molecule has 0 bridgehead atoms. The summed E-state index contributed by atoms with van der Waals surface area (Å²) < 4.78 is 74.2. The lowest BCUT2D eigenvalue weighted by Crippen LogP contribution is -2.59. The minimum Gasteiger partial charge on any atom is -0.443 e. The Morgan fingerprint density at radius 3 is 2.35 bits per heavy atom. The van der Waals surface area contributed by atoms with Crippen molar-refractivity contribution in [2.24, 2.45) is 11.7 Å². The molecule has 254 valence electrons. The van der Waals surface area contributed by atoms with Gasteiger partial charge in [0.05, 0.1) is 5.56 Å². The lowest BCUT2D eigenvalue weighted by Gasteiger charge is -2.34. The van der Waals surface area contributed by atoms with Crippen LogP contribution >= 0.6 is 0 Å². The smallest absolute Gasteiger partial charge is 0.419 e. The third-order valence-corrected chi connectivity index (χ3v) is 10.3. The largest absolute Gasteiger partial charge is 0.443 e. The van der Waals surface area contributed by atoms with Crippen molar-refractivity contribution in [2.75, 3.05) is 11.3 Å². The van der Waals surface area contributed by atoms with Gasteiger partial charge in [0.15, 0.2) is 4.87 Å². The van der Waals surface area contributed by atoms with E-state index in [0.29, 0.717) is 37.0 Å². The topological polar surface area (TPSA) is 168 Å². The van der Waals surface area contributed by atoms with Crippen molar-refractivity contribution in [3.8, 4) is 0 Å². The van der Waals surface area contributed by atoms with E-state index in [0.717, 1.165) is 24.3 Å². The van der Waals surface area contributed by atoms with Crippen LogP contribution in [0.15, 0.2) is 36.4 Å². The van der Waals surface area contributed by atoms with Crippen molar-refractivity contribution in [2.45, 2.75) is 101 Å². The molecule has 0 unspecified atom stereocenters. The molecule has 1 aliphatic carbocycles. The maximum Gasteiger partial charge on any atom is 0.419 e. The van der Waals surface area contributed by atoms with Gasteiger partial charge in [-0.15, -0.1) is 0 Å². The van der Waals surface area contributed by atoms with E-state index in [9.17, 15) is 40.8 Å². The van der Waals surface area contributed by atoms with Crippen LogP contribution in [-0.4, -0.2) is 71.3 Å². The van der Waals surface area contributed by atoms with E-state index in [-0.39, 0.29) is 31.5 Å². The molecule has 12 nitrogen and oxygen atoms in total. The normalized spacial score (nSPS) is 26.8. The van der Waals surface area contributed by atoms with Gasteiger partial charge < -0.3 is 20.7 Å². The van der Waals surface area contributed by atoms with Crippen molar-refractivity contribution < 1.29 is 45.5 Å². The van der Waals surface area contributed by atoms with Crippen molar-refractivity contribution >= 4 is 39.6 Å². The lowest BCUT2D eigenvalue weighted by atomic mass is 10.0. The summed E-state index contributed by atoms with van der Waals surface area (Å²) >= 11 is 0. The van der Waals surface area contributed by atoms with E-state index < -0.39 is 74.2 Å². The molecule has 2 aliphatic heterocycles. The Balaban J connectivity index is 1.64. The molecule has 5 amide bonds. The number of halogens is 3. The highest BCUT2D eigenvalue weighted by Crippen LogP contribution is 2.50. The van der Waals surface area contributed by atoms with Gasteiger partial charge in [-0.25, -0.2) is 22.9 Å². The van der Waals surface area contributed by atoms with Gasteiger partial charge in [-0.2, -0.15) is 13.2 Å². The molecule has 1 aromatic rings. The number of fused-ring (bicyclic) bond motifs is 2. The van der Waals surface area contributed by atoms with Gasteiger partial charge in [0, 0.05) is 18.2 Å². The average Bonchev–Trinajstić information content (AvgIpc) is 3.40. The standard InChI is InChI=1S/C30H40F3N5O7S/c1-28(2,3)45-27(42)38(26(34)41)23-11-8-6-4-5-7-10-20-18-29(20,35-24(39)22-12-9-17-37(22)25(23)40)46(43,44)36-21-15-13-19(14-16-21)30(31,32)33/h7,10,13-16,20,22-23,36H,4-6,8-9,11-12,17-18H2,1-3H3,(H2,34,41)(H,35,39)/b10-7-/t20-,22+,23+,29-/m1/s1. The first kappa shape index (κ1) is 35.0. The summed E-state index contributed by atoms with van der Waals surface area (Å²) in [4.78, 5) is 53.3. The quantitative estimate of drug-likeness (QED) is 0.397. The SMILES string of the molecule is CC(C)(C)OC(=O)N(C(N)=O)[C@H]1CCCCC/C=C\[C@@H]2C[C@]2(S(=O)(=O)Nc2ccc(C(F)(F)F)cc2)NC(=O)[C@@H]2CCCN2C1=O. The number of ether oxygens (including phenoxy) is 1. The van der Waals surface area contributed by atoms with Crippen LogP contribution < -0.4 is 15.8 Å². The number of carbonyl (C=O) groups is 4. The highest BCUT2D eigenvalue weighted by molar-refractivity contribution is 7.94. The Morgan fingerprint density at radius 2 is 1.74 bits per heavy atom. The monoisotopic (exact) mass is 671 g/mol. The zero-order chi connectivity index (χ0) is 34.1. The predicted octanol–water partition coefficient (Wildman–Crippen LogP) is 4.48. The number of anilines is 1. The van der Waals surface area contributed by atoms with Crippen LogP contribution in [0.25, 0.3) is 0 Å². The predicted molar refractivity (Wildman–Crippen MR) is 161 cm³/mol. The van der Waals surface area contributed by atoms with Gasteiger partial charge in [0.25, 0.3) is 10.0 Å². The molecule has 16 heteroatoms. The molecule has 3 aliphatic rings. The number of allylic oxidation sites excluding steroid dienone is 1. The molecule has 4 rings (SSSR count). The summed E-state index contributed by atoms with van der Waals surface area (Å²) in [5, 5.41) is 2.63. The van der Waals surface area contributed by atoms with Gasteiger partial charge >= 0.3 is 18.3 Å². The van der Waals surface area contributed by atoms with Crippen LogP contribution in [0.2, 0.25) is 0 Å². The summed E-state index contributed by atoms with van der Waals surface area (Å²) in [5.74, 6) is -2.08. The van der Waals surface area contributed by atoms with E-state index in [1.54, 1.807) is 32.9 Å². The third kappa shape index (κ3) is 7.76. The number of nitrogens with two attached hydrogens (primary N) is 1. The summed E-state index contributed by atoms with van der Waals surface area (Å²) in [6, 6.07) is -0.170. The van der Waals surface area contributed by atoms with Gasteiger partial charge in [-0.05, 0) is 83.6 Å². The fourth-order valence-electron chi connectivity index (χ4n) is 5.85. The molecule has 1 saturated heterocycles. The molecule has 4 atom stereocenters. The number of rotatable bonds is 4. The van der Waals surface area contributed by atoms with E-state index in [4.69, 9.17) is 10.5 Å². The number of amides is 5. The number of hydrogen-bond donors (Lipinski definition) is 3. The molecule has 1 saturated carbocycles. The molecule has 2 fully saturated rings. The number of carbonyl (C=O) groups excluding carboxylic acids is 4. The summed E-state index contributed by atoms with van der Waals surface area (Å²) in [6.07, 6.45) is 0.709. The van der Waals surface area contributed by atoms with Gasteiger partial charge in [-0.3, -0.25) is 14.3 Å².